The molecular formula is C12H14N4O2. The Balaban J connectivity index is 2.61. The zero-order chi connectivity index (χ0) is 13.4. The van der Waals surface area contributed by atoms with Crippen molar-refractivity contribution < 1.29 is 9.59 Å². The minimum absolute atomic E-state index is 0.0876. The number of nitrogens with one attached hydrogen (secondary N) is 2. The standard InChI is InChI=1S/C12H14N4O2/c1-9(17)14-8-12(18)16-11-6-2-4-10(15-11)5-3-7-13/h2,4,6H,7-8,13H2,1H3,(H,14,17)(H,15,16,18). The lowest BCUT2D eigenvalue weighted by Crippen LogP contribution is -2.31. The van der Waals surface area contributed by atoms with Gasteiger partial charge in [0, 0.05) is 6.92 Å². The lowest BCUT2D eigenvalue weighted by Gasteiger charge is -2.04. The second-order valence-electron chi connectivity index (χ2n) is 3.37. The molecule has 18 heavy (non-hydrogen) atoms. The van der Waals surface area contributed by atoms with Crippen molar-refractivity contribution in [2.45, 2.75) is 6.92 Å². The van der Waals surface area contributed by atoms with E-state index in [1.54, 1.807) is 18.2 Å². The van der Waals surface area contributed by atoms with Crippen molar-refractivity contribution in [1.82, 2.24) is 10.3 Å². The minimum Gasteiger partial charge on any atom is -0.347 e. The molecule has 1 rings (SSSR count). The topological polar surface area (TPSA) is 97.1 Å². The van der Waals surface area contributed by atoms with Crippen LogP contribution in [-0.2, 0) is 9.59 Å². The number of hydrogen-bond acceptors (Lipinski definition) is 4. The van der Waals surface area contributed by atoms with Crippen LogP contribution in [0.5, 0.6) is 0 Å². The number of pyridine rings is 1. The van der Waals surface area contributed by atoms with E-state index in [-0.39, 0.29) is 24.9 Å². The number of nitrogens with zero attached hydrogens (tertiary/aromatic N) is 1. The summed E-state index contributed by atoms with van der Waals surface area (Å²) in [5.74, 6) is 5.21. The van der Waals surface area contributed by atoms with Crippen molar-refractivity contribution >= 4 is 17.6 Å². The predicted molar refractivity (Wildman–Crippen MR) is 67.5 cm³/mol. The van der Waals surface area contributed by atoms with E-state index in [1.165, 1.54) is 6.92 Å². The molecule has 4 N–H and O–H groups in total. The summed E-state index contributed by atoms with van der Waals surface area (Å²) >= 11 is 0. The maximum absolute atomic E-state index is 11.4. The minimum atomic E-state index is -0.346. The van der Waals surface area contributed by atoms with Gasteiger partial charge in [-0.25, -0.2) is 4.98 Å². The third-order valence-electron chi connectivity index (χ3n) is 1.83. The molecular weight excluding hydrogens is 232 g/mol. The number of carbonyl (C=O) groups is 2. The van der Waals surface area contributed by atoms with Crippen molar-refractivity contribution in [3.05, 3.63) is 23.9 Å². The number of amides is 2. The molecule has 94 valence electrons. The third kappa shape index (κ3) is 5.09. The SMILES string of the molecule is CC(=O)NCC(=O)Nc1cccc(C#CCN)n1. The third-order valence-corrected chi connectivity index (χ3v) is 1.83. The van der Waals surface area contributed by atoms with E-state index in [1.807, 2.05) is 0 Å². The molecule has 0 aliphatic rings. The summed E-state index contributed by atoms with van der Waals surface area (Å²) in [6, 6.07) is 5.08. The van der Waals surface area contributed by atoms with Gasteiger partial charge in [-0.15, -0.1) is 0 Å². The first kappa shape index (κ1) is 13.7. The molecule has 0 saturated carbocycles. The van der Waals surface area contributed by atoms with Gasteiger partial charge in [0.25, 0.3) is 0 Å². The summed E-state index contributed by atoms with van der Waals surface area (Å²) < 4.78 is 0. The molecule has 2 amide bonds. The first-order chi connectivity index (χ1) is 8.61. The average molecular weight is 246 g/mol. The fourth-order valence-corrected chi connectivity index (χ4v) is 1.11. The molecule has 6 nitrogen and oxygen atoms in total. The van der Waals surface area contributed by atoms with Crippen LogP contribution in [0.4, 0.5) is 5.82 Å². The number of nitrogens with two attached hydrogens (primary N) is 1. The summed E-state index contributed by atoms with van der Waals surface area (Å²) in [4.78, 5) is 26.2. The van der Waals surface area contributed by atoms with Gasteiger partial charge in [0.15, 0.2) is 0 Å². The van der Waals surface area contributed by atoms with Gasteiger partial charge >= 0.3 is 0 Å². The molecule has 0 aromatic carbocycles. The van der Waals surface area contributed by atoms with Crippen LogP contribution in [-0.4, -0.2) is 29.9 Å². The van der Waals surface area contributed by atoms with Gasteiger partial charge in [-0.05, 0) is 18.1 Å². The van der Waals surface area contributed by atoms with Gasteiger partial charge in [-0.1, -0.05) is 12.0 Å². The molecule has 1 aromatic heterocycles. The molecule has 0 unspecified atom stereocenters. The maximum atomic E-state index is 11.4. The predicted octanol–water partition coefficient (Wildman–Crippen LogP) is -0.534. The van der Waals surface area contributed by atoms with Crippen LogP contribution in [0.15, 0.2) is 18.2 Å². The Morgan fingerprint density at radius 1 is 1.44 bits per heavy atom. The Morgan fingerprint density at radius 2 is 2.22 bits per heavy atom. The molecule has 0 aliphatic carbocycles. The van der Waals surface area contributed by atoms with Crippen LogP contribution in [0.2, 0.25) is 0 Å². The number of aromatic nitrogens is 1. The van der Waals surface area contributed by atoms with Crippen molar-refractivity contribution in [2.24, 2.45) is 5.73 Å². The van der Waals surface area contributed by atoms with Gasteiger partial charge in [-0.2, -0.15) is 0 Å². The normalized spacial score (nSPS) is 9.00. The van der Waals surface area contributed by atoms with Crippen LogP contribution in [0.25, 0.3) is 0 Å². The summed E-state index contributed by atoms with van der Waals surface area (Å²) in [7, 11) is 0. The van der Waals surface area contributed by atoms with Crippen molar-refractivity contribution in [3.63, 3.8) is 0 Å². The zero-order valence-corrected chi connectivity index (χ0v) is 9.99. The second kappa shape index (κ2) is 7.04. The van der Waals surface area contributed by atoms with Crippen molar-refractivity contribution in [1.29, 1.82) is 0 Å². The van der Waals surface area contributed by atoms with E-state index >= 15 is 0 Å². The Bertz CT molecular complexity index is 502. The number of hydrogen-bond donors (Lipinski definition) is 3. The van der Waals surface area contributed by atoms with Crippen molar-refractivity contribution in [2.75, 3.05) is 18.4 Å². The summed E-state index contributed by atoms with van der Waals surface area (Å²) in [5, 5.41) is 4.94. The highest BCUT2D eigenvalue weighted by Crippen LogP contribution is 2.03. The number of anilines is 1. The smallest absolute Gasteiger partial charge is 0.244 e. The first-order valence-electron chi connectivity index (χ1n) is 5.32. The maximum Gasteiger partial charge on any atom is 0.244 e. The van der Waals surface area contributed by atoms with E-state index in [0.717, 1.165) is 0 Å². The van der Waals surface area contributed by atoms with E-state index < -0.39 is 0 Å². The van der Waals surface area contributed by atoms with Crippen LogP contribution >= 0.6 is 0 Å². The number of rotatable bonds is 3. The Labute approximate surface area is 105 Å². The molecule has 0 spiro atoms. The van der Waals surface area contributed by atoms with E-state index in [4.69, 9.17) is 5.73 Å². The molecule has 0 atom stereocenters. The van der Waals surface area contributed by atoms with Crippen LogP contribution in [0.1, 0.15) is 12.6 Å². The van der Waals surface area contributed by atoms with E-state index in [9.17, 15) is 9.59 Å². The Kier molecular flexibility index (Phi) is 5.35. The quantitative estimate of drug-likeness (QED) is 0.624. The van der Waals surface area contributed by atoms with Crippen LogP contribution in [0.3, 0.4) is 0 Å². The van der Waals surface area contributed by atoms with Gasteiger partial charge in [0.1, 0.15) is 11.5 Å². The largest absolute Gasteiger partial charge is 0.347 e. The molecule has 0 saturated heterocycles. The lowest BCUT2D eigenvalue weighted by atomic mass is 10.3. The highest BCUT2D eigenvalue weighted by atomic mass is 16.2. The Morgan fingerprint density at radius 3 is 2.89 bits per heavy atom. The van der Waals surface area contributed by atoms with Gasteiger partial charge in [0.2, 0.25) is 11.8 Å². The van der Waals surface area contributed by atoms with Gasteiger partial charge in [-0.3, -0.25) is 9.59 Å². The highest BCUT2D eigenvalue weighted by Gasteiger charge is 2.03. The fourth-order valence-electron chi connectivity index (χ4n) is 1.11. The summed E-state index contributed by atoms with van der Waals surface area (Å²) in [5.41, 5.74) is 5.78. The second-order valence-corrected chi connectivity index (χ2v) is 3.37. The van der Waals surface area contributed by atoms with E-state index in [0.29, 0.717) is 11.5 Å². The van der Waals surface area contributed by atoms with Crippen LogP contribution in [0, 0.1) is 11.8 Å². The molecule has 1 aromatic rings. The summed E-state index contributed by atoms with van der Waals surface area (Å²) in [6.07, 6.45) is 0. The van der Waals surface area contributed by atoms with Gasteiger partial charge in [0.05, 0.1) is 13.1 Å². The molecule has 0 aliphatic heterocycles. The molecule has 1 heterocycles. The first-order valence-corrected chi connectivity index (χ1v) is 5.32. The zero-order valence-electron chi connectivity index (χ0n) is 9.99. The molecule has 6 heteroatoms. The number of carbonyl (C=O) groups excluding carboxylic acids is 2. The van der Waals surface area contributed by atoms with E-state index in [2.05, 4.69) is 27.5 Å². The molecule has 0 fully saturated rings. The van der Waals surface area contributed by atoms with Crippen molar-refractivity contribution in [3.8, 4) is 11.8 Å². The lowest BCUT2D eigenvalue weighted by molar-refractivity contribution is -0.122. The average Bonchev–Trinajstić information content (AvgIpc) is 2.34. The summed E-state index contributed by atoms with van der Waals surface area (Å²) in [6.45, 7) is 1.51. The molecule has 0 bridgehead atoms. The van der Waals surface area contributed by atoms with Crippen LogP contribution < -0.4 is 16.4 Å². The van der Waals surface area contributed by atoms with Gasteiger partial charge < -0.3 is 16.4 Å². The molecule has 0 radical (unpaired) electrons. The Hall–Kier alpha value is -2.39. The highest BCUT2D eigenvalue weighted by molar-refractivity contribution is 5.93. The fraction of sp³-hybridized carbons (Fsp3) is 0.250. The monoisotopic (exact) mass is 246 g/mol.